The highest BCUT2D eigenvalue weighted by Crippen LogP contribution is 2.31. The lowest BCUT2D eigenvalue weighted by molar-refractivity contribution is -0.137. The maximum atomic E-state index is 14.2. The zero-order valence-electron chi connectivity index (χ0n) is 22.5. The van der Waals surface area contributed by atoms with Gasteiger partial charge in [-0.2, -0.15) is 27.9 Å². The van der Waals surface area contributed by atoms with Crippen LogP contribution in [0.4, 0.5) is 40.7 Å². The summed E-state index contributed by atoms with van der Waals surface area (Å²) in [5.74, 6) is -0.730. The monoisotopic (exact) mass is 585 g/mol. The molecule has 1 aliphatic heterocycles. The summed E-state index contributed by atoms with van der Waals surface area (Å²) in [5.41, 5.74) is -0.340. The Hall–Kier alpha value is -4.63. The molecule has 0 unspecified atom stereocenters. The van der Waals surface area contributed by atoms with E-state index in [1.54, 1.807) is 24.3 Å². The van der Waals surface area contributed by atoms with Crippen molar-refractivity contribution < 1.29 is 27.1 Å². The minimum atomic E-state index is -4.72. The normalized spacial score (nSPS) is 14.0. The fourth-order valence-electron chi connectivity index (χ4n) is 4.25. The predicted molar refractivity (Wildman–Crippen MR) is 147 cm³/mol. The molecule has 2 aromatic heterocycles. The van der Waals surface area contributed by atoms with Crippen molar-refractivity contribution in [1.29, 1.82) is 0 Å². The van der Waals surface area contributed by atoms with Gasteiger partial charge in [0.1, 0.15) is 24.3 Å². The summed E-state index contributed by atoms with van der Waals surface area (Å²) < 4.78 is 60.3. The number of nitrogens with zero attached hydrogens (tertiary/aromatic N) is 6. The first-order valence-corrected chi connectivity index (χ1v) is 13.0. The molecule has 3 heterocycles. The number of aromatic nitrogens is 5. The molecule has 1 saturated heterocycles. The van der Waals surface area contributed by atoms with Crippen LogP contribution in [-0.2, 0) is 10.9 Å². The van der Waals surface area contributed by atoms with Crippen LogP contribution in [0.2, 0.25) is 0 Å². The number of anilines is 4. The molecule has 4 aromatic rings. The Kier molecular flexibility index (Phi) is 8.59. The molecule has 1 aliphatic rings. The minimum Gasteiger partial charge on any atom is -0.379 e. The van der Waals surface area contributed by atoms with Gasteiger partial charge in [-0.05, 0) is 42.8 Å². The Labute approximate surface area is 237 Å². The summed E-state index contributed by atoms with van der Waals surface area (Å²) in [5, 5.41) is 13.1. The van der Waals surface area contributed by atoms with Crippen molar-refractivity contribution in [2.24, 2.45) is 0 Å². The summed E-state index contributed by atoms with van der Waals surface area (Å²) in [6.45, 7) is 6.55. The van der Waals surface area contributed by atoms with Crippen molar-refractivity contribution in [3.8, 4) is 5.82 Å². The standard InChI is InChI=1S/C27H27F4N9O2/c1-17-2-4-19(37-25(41)20-12-18(27(29,30)31)3-5-21(20)28)13-22(17)38-26-35-16-36-40(26)24-14-23(33-15-34-24)32-6-7-39-8-10-42-11-9-39/h2-5,12-16H,6-11H2,1H3,(H,37,41)(H,32,33,34)(H,35,36,38). The number of carbonyl (C=O) groups excluding carboxylic acids is 1. The van der Waals surface area contributed by atoms with Crippen molar-refractivity contribution in [3.05, 3.63) is 77.6 Å². The number of rotatable bonds is 9. The van der Waals surface area contributed by atoms with E-state index in [-0.39, 0.29) is 5.69 Å². The number of ether oxygens (including phenoxy) is 1. The Balaban J connectivity index is 1.28. The number of hydrogen-bond acceptors (Lipinski definition) is 9. The second-order valence-electron chi connectivity index (χ2n) is 9.44. The topological polar surface area (TPSA) is 122 Å². The number of alkyl halides is 3. The molecule has 0 radical (unpaired) electrons. The molecule has 15 heteroatoms. The molecular formula is C27H27F4N9O2. The maximum Gasteiger partial charge on any atom is 0.416 e. The van der Waals surface area contributed by atoms with E-state index in [4.69, 9.17) is 4.74 Å². The van der Waals surface area contributed by atoms with E-state index in [0.717, 1.165) is 38.4 Å². The number of carbonyl (C=O) groups is 1. The molecule has 5 rings (SSSR count). The van der Waals surface area contributed by atoms with Gasteiger partial charge in [0.2, 0.25) is 5.95 Å². The van der Waals surface area contributed by atoms with Crippen LogP contribution >= 0.6 is 0 Å². The molecule has 0 spiro atoms. The third-order valence-corrected chi connectivity index (χ3v) is 6.54. The van der Waals surface area contributed by atoms with E-state index in [1.807, 2.05) is 6.92 Å². The van der Waals surface area contributed by atoms with Crippen molar-refractivity contribution in [2.45, 2.75) is 13.1 Å². The second-order valence-corrected chi connectivity index (χ2v) is 9.44. The number of aryl methyl sites for hydroxylation is 1. The molecule has 0 aliphatic carbocycles. The molecule has 0 saturated carbocycles. The molecule has 2 aromatic carbocycles. The van der Waals surface area contributed by atoms with Gasteiger partial charge < -0.3 is 20.7 Å². The van der Waals surface area contributed by atoms with E-state index in [0.29, 0.717) is 48.0 Å². The van der Waals surface area contributed by atoms with Gasteiger partial charge in [0.05, 0.1) is 24.3 Å². The van der Waals surface area contributed by atoms with Gasteiger partial charge in [-0.3, -0.25) is 9.69 Å². The van der Waals surface area contributed by atoms with Crippen LogP contribution in [0, 0.1) is 12.7 Å². The van der Waals surface area contributed by atoms with Gasteiger partial charge in [0, 0.05) is 43.6 Å². The highest BCUT2D eigenvalue weighted by Gasteiger charge is 2.32. The first kappa shape index (κ1) is 28.9. The number of amides is 1. The van der Waals surface area contributed by atoms with Gasteiger partial charge in [-0.1, -0.05) is 6.07 Å². The van der Waals surface area contributed by atoms with E-state index < -0.39 is 29.0 Å². The van der Waals surface area contributed by atoms with Crippen LogP contribution < -0.4 is 16.0 Å². The fraction of sp³-hybridized carbons (Fsp3) is 0.296. The van der Waals surface area contributed by atoms with Gasteiger partial charge >= 0.3 is 6.18 Å². The van der Waals surface area contributed by atoms with Crippen molar-refractivity contribution >= 4 is 29.0 Å². The lowest BCUT2D eigenvalue weighted by Crippen LogP contribution is -2.39. The predicted octanol–water partition coefficient (Wildman–Crippen LogP) is 4.26. The summed E-state index contributed by atoms with van der Waals surface area (Å²) in [6, 6.07) is 8.19. The number of benzene rings is 2. The quantitative estimate of drug-likeness (QED) is 0.247. The molecule has 11 nitrogen and oxygen atoms in total. The third-order valence-electron chi connectivity index (χ3n) is 6.54. The Morgan fingerprint density at radius 3 is 2.62 bits per heavy atom. The highest BCUT2D eigenvalue weighted by molar-refractivity contribution is 6.04. The van der Waals surface area contributed by atoms with E-state index in [1.165, 1.54) is 17.3 Å². The maximum absolute atomic E-state index is 14.2. The summed E-state index contributed by atoms with van der Waals surface area (Å²) in [7, 11) is 0. The van der Waals surface area contributed by atoms with Crippen molar-refractivity contribution in [1.82, 2.24) is 29.6 Å². The smallest absolute Gasteiger partial charge is 0.379 e. The van der Waals surface area contributed by atoms with Crippen LogP contribution in [0.3, 0.4) is 0 Å². The molecule has 3 N–H and O–H groups in total. The lowest BCUT2D eigenvalue weighted by atomic mass is 10.1. The average molecular weight is 586 g/mol. The zero-order chi connectivity index (χ0) is 29.7. The number of hydrogen-bond donors (Lipinski definition) is 3. The molecule has 0 bridgehead atoms. The largest absolute Gasteiger partial charge is 0.416 e. The summed E-state index contributed by atoms with van der Waals surface area (Å²) >= 11 is 0. The zero-order valence-corrected chi connectivity index (χ0v) is 22.5. The fourth-order valence-corrected chi connectivity index (χ4v) is 4.25. The van der Waals surface area contributed by atoms with Crippen molar-refractivity contribution in [2.75, 3.05) is 55.3 Å². The van der Waals surface area contributed by atoms with Crippen LogP contribution in [0.15, 0.2) is 55.1 Å². The highest BCUT2D eigenvalue weighted by atomic mass is 19.4. The first-order chi connectivity index (χ1) is 20.2. The Morgan fingerprint density at radius 2 is 1.83 bits per heavy atom. The summed E-state index contributed by atoms with van der Waals surface area (Å²) in [6.07, 6.45) is -1.97. The van der Waals surface area contributed by atoms with Gasteiger partial charge in [-0.25, -0.2) is 14.4 Å². The number of nitrogens with one attached hydrogen (secondary N) is 3. The molecule has 42 heavy (non-hydrogen) atoms. The molecule has 0 atom stereocenters. The Bertz CT molecular complexity index is 1550. The van der Waals surface area contributed by atoms with E-state index >= 15 is 0 Å². The Morgan fingerprint density at radius 1 is 1.02 bits per heavy atom. The summed E-state index contributed by atoms with van der Waals surface area (Å²) in [4.78, 5) is 27.8. The number of morpholine rings is 1. The minimum absolute atomic E-state index is 0.227. The van der Waals surface area contributed by atoms with Crippen LogP contribution in [0.5, 0.6) is 0 Å². The third kappa shape index (κ3) is 6.98. The lowest BCUT2D eigenvalue weighted by Gasteiger charge is -2.26. The van der Waals surface area contributed by atoms with Crippen molar-refractivity contribution in [3.63, 3.8) is 0 Å². The van der Waals surface area contributed by atoms with Gasteiger partial charge in [-0.15, -0.1) is 0 Å². The van der Waals surface area contributed by atoms with E-state index in [9.17, 15) is 22.4 Å². The second kappa shape index (κ2) is 12.5. The first-order valence-electron chi connectivity index (χ1n) is 13.0. The van der Waals surface area contributed by atoms with Gasteiger partial charge in [0.15, 0.2) is 5.82 Å². The van der Waals surface area contributed by atoms with Crippen LogP contribution in [-0.4, -0.2) is 74.9 Å². The SMILES string of the molecule is Cc1ccc(NC(=O)c2cc(C(F)(F)F)ccc2F)cc1Nc1ncnn1-c1cc(NCCN2CCOCC2)ncn1. The molecular weight excluding hydrogens is 558 g/mol. The molecule has 1 fully saturated rings. The van der Waals surface area contributed by atoms with Crippen LogP contribution in [0.25, 0.3) is 5.82 Å². The van der Waals surface area contributed by atoms with Crippen LogP contribution in [0.1, 0.15) is 21.5 Å². The molecule has 1 amide bonds. The molecule has 220 valence electrons. The van der Waals surface area contributed by atoms with Gasteiger partial charge in [0.25, 0.3) is 5.91 Å². The number of halogens is 4. The average Bonchev–Trinajstić information content (AvgIpc) is 3.43. The van der Waals surface area contributed by atoms with E-state index in [2.05, 4.69) is 40.9 Å².